The van der Waals surface area contributed by atoms with Crippen LogP contribution in [0.25, 0.3) is 0 Å². The number of amides is 1. The van der Waals surface area contributed by atoms with Gasteiger partial charge in [-0.3, -0.25) is 0 Å². The van der Waals surface area contributed by atoms with Crippen molar-refractivity contribution in [2.24, 2.45) is 0 Å². The molecule has 0 aromatic heterocycles. The van der Waals surface area contributed by atoms with Crippen molar-refractivity contribution < 1.29 is 14.6 Å². The van der Waals surface area contributed by atoms with Gasteiger partial charge in [0.15, 0.2) is 0 Å². The number of carbonyl (C=O) groups is 1. The van der Waals surface area contributed by atoms with Gasteiger partial charge in [0.1, 0.15) is 5.75 Å². The Kier molecular flexibility index (Phi) is 5.14. The zero-order valence-corrected chi connectivity index (χ0v) is 14.6. The van der Waals surface area contributed by atoms with Crippen molar-refractivity contribution in [2.75, 3.05) is 33.3 Å². The number of hydrogen-bond acceptors (Lipinski definition) is 4. The van der Waals surface area contributed by atoms with E-state index in [1.54, 1.807) is 7.11 Å². The SMILES string of the molecule is COc1cccc(C2(C#N)CCN(C3CCN(C(=O)O)CC3)CC2)c1. The Bertz CT molecular complexity index is 654. The highest BCUT2D eigenvalue weighted by Gasteiger charge is 2.39. The summed E-state index contributed by atoms with van der Waals surface area (Å²) in [7, 11) is 1.64. The van der Waals surface area contributed by atoms with E-state index < -0.39 is 11.5 Å². The number of likely N-dealkylation sites (tertiary alicyclic amines) is 2. The number of nitriles is 1. The van der Waals surface area contributed by atoms with Gasteiger partial charge in [0.2, 0.25) is 0 Å². The Morgan fingerprint density at radius 3 is 2.52 bits per heavy atom. The van der Waals surface area contributed by atoms with Crippen LogP contribution in [0.1, 0.15) is 31.2 Å². The molecule has 6 heteroatoms. The Labute approximate surface area is 148 Å². The quantitative estimate of drug-likeness (QED) is 0.913. The van der Waals surface area contributed by atoms with Gasteiger partial charge < -0.3 is 19.6 Å². The second-order valence-corrected chi connectivity index (χ2v) is 6.96. The highest BCUT2D eigenvalue weighted by molar-refractivity contribution is 5.65. The maximum Gasteiger partial charge on any atom is 0.407 e. The number of hydrogen-bond donors (Lipinski definition) is 1. The van der Waals surface area contributed by atoms with Crippen LogP contribution in [0.3, 0.4) is 0 Å². The normalized spacial score (nSPS) is 21.5. The monoisotopic (exact) mass is 343 g/mol. The van der Waals surface area contributed by atoms with Crippen LogP contribution < -0.4 is 4.74 Å². The molecule has 2 aliphatic rings. The number of carboxylic acid groups (broad SMARTS) is 1. The highest BCUT2D eigenvalue weighted by Crippen LogP contribution is 2.37. The summed E-state index contributed by atoms with van der Waals surface area (Å²) in [4.78, 5) is 15.0. The number of nitrogens with zero attached hydrogens (tertiary/aromatic N) is 3. The van der Waals surface area contributed by atoms with Crippen LogP contribution >= 0.6 is 0 Å². The lowest BCUT2D eigenvalue weighted by molar-refractivity contribution is 0.0743. The summed E-state index contributed by atoms with van der Waals surface area (Å²) in [5.74, 6) is 0.788. The van der Waals surface area contributed by atoms with Gasteiger partial charge in [-0.15, -0.1) is 0 Å². The summed E-state index contributed by atoms with van der Waals surface area (Å²) in [6.07, 6.45) is 2.54. The van der Waals surface area contributed by atoms with Gasteiger partial charge in [-0.05, 0) is 43.4 Å². The van der Waals surface area contributed by atoms with Gasteiger partial charge >= 0.3 is 6.09 Å². The molecule has 1 aromatic carbocycles. The summed E-state index contributed by atoms with van der Waals surface area (Å²) in [6, 6.07) is 10.8. The zero-order chi connectivity index (χ0) is 17.9. The number of benzene rings is 1. The molecule has 0 bridgehead atoms. The van der Waals surface area contributed by atoms with Crippen molar-refractivity contribution >= 4 is 6.09 Å². The molecule has 3 rings (SSSR count). The minimum Gasteiger partial charge on any atom is -0.497 e. The first-order valence-corrected chi connectivity index (χ1v) is 8.86. The molecule has 0 saturated carbocycles. The average molecular weight is 343 g/mol. The van der Waals surface area contributed by atoms with E-state index in [0.717, 1.165) is 50.1 Å². The van der Waals surface area contributed by atoms with Crippen molar-refractivity contribution in [2.45, 2.75) is 37.1 Å². The third-order valence-corrected chi connectivity index (χ3v) is 5.74. The van der Waals surface area contributed by atoms with E-state index in [2.05, 4.69) is 11.0 Å². The summed E-state index contributed by atoms with van der Waals surface area (Å²) < 4.78 is 5.31. The average Bonchev–Trinajstić information content (AvgIpc) is 2.68. The fourth-order valence-corrected chi connectivity index (χ4v) is 4.08. The van der Waals surface area contributed by atoms with Crippen LogP contribution in [-0.2, 0) is 5.41 Å². The summed E-state index contributed by atoms with van der Waals surface area (Å²) in [6.45, 7) is 2.97. The van der Waals surface area contributed by atoms with Gasteiger partial charge in [0.05, 0.1) is 18.6 Å². The van der Waals surface area contributed by atoms with Crippen LogP contribution in [0.2, 0.25) is 0 Å². The predicted octanol–water partition coefficient (Wildman–Crippen LogP) is 2.69. The molecule has 2 aliphatic heterocycles. The van der Waals surface area contributed by atoms with Gasteiger partial charge in [-0.25, -0.2) is 4.79 Å². The van der Waals surface area contributed by atoms with E-state index in [-0.39, 0.29) is 0 Å². The van der Waals surface area contributed by atoms with E-state index >= 15 is 0 Å². The second-order valence-electron chi connectivity index (χ2n) is 6.96. The van der Waals surface area contributed by atoms with Crippen molar-refractivity contribution in [1.82, 2.24) is 9.80 Å². The van der Waals surface area contributed by atoms with Crippen LogP contribution in [0, 0.1) is 11.3 Å². The summed E-state index contributed by atoms with van der Waals surface area (Å²) in [5, 5.41) is 18.9. The molecule has 2 heterocycles. The van der Waals surface area contributed by atoms with Crippen LogP contribution in [0.5, 0.6) is 5.75 Å². The standard InChI is InChI=1S/C19H25N3O3/c1-25-17-4-2-3-15(13-17)19(14-20)7-11-21(12-8-19)16-5-9-22(10-6-16)18(23)24/h2-4,13,16H,5-12H2,1H3,(H,23,24). The minimum atomic E-state index is -0.821. The van der Waals surface area contributed by atoms with E-state index in [1.807, 2.05) is 24.3 Å². The molecule has 0 atom stereocenters. The molecule has 2 saturated heterocycles. The molecule has 6 nitrogen and oxygen atoms in total. The van der Waals surface area contributed by atoms with Crippen molar-refractivity contribution in [3.63, 3.8) is 0 Å². The Morgan fingerprint density at radius 2 is 1.96 bits per heavy atom. The molecular weight excluding hydrogens is 318 g/mol. The Hall–Kier alpha value is -2.26. The van der Waals surface area contributed by atoms with Crippen LogP contribution in [0.15, 0.2) is 24.3 Å². The molecule has 0 spiro atoms. The van der Waals surface area contributed by atoms with Crippen molar-refractivity contribution in [3.05, 3.63) is 29.8 Å². The highest BCUT2D eigenvalue weighted by atomic mass is 16.5. The zero-order valence-electron chi connectivity index (χ0n) is 14.6. The first kappa shape index (κ1) is 17.6. The molecule has 0 radical (unpaired) electrons. The van der Waals surface area contributed by atoms with E-state index in [9.17, 15) is 10.1 Å². The molecule has 2 fully saturated rings. The number of ether oxygens (including phenoxy) is 1. The number of methoxy groups -OCH3 is 1. The van der Waals surface area contributed by atoms with Crippen LogP contribution in [0.4, 0.5) is 4.79 Å². The molecule has 134 valence electrons. The maximum absolute atomic E-state index is 11.0. The van der Waals surface area contributed by atoms with Gasteiger partial charge in [-0.1, -0.05) is 12.1 Å². The molecule has 0 unspecified atom stereocenters. The molecule has 1 aromatic rings. The van der Waals surface area contributed by atoms with Crippen molar-refractivity contribution in [1.29, 1.82) is 5.26 Å². The molecular formula is C19H25N3O3. The van der Waals surface area contributed by atoms with E-state index in [0.29, 0.717) is 19.1 Å². The van der Waals surface area contributed by atoms with Gasteiger partial charge in [0, 0.05) is 32.2 Å². The lowest BCUT2D eigenvalue weighted by Gasteiger charge is -2.43. The number of rotatable bonds is 3. The molecule has 25 heavy (non-hydrogen) atoms. The molecule has 0 aliphatic carbocycles. The largest absolute Gasteiger partial charge is 0.497 e. The maximum atomic E-state index is 11.0. The Balaban J connectivity index is 1.64. The topological polar surface area (TPSA) is 76.8 Å². The summed E-state index contributed by atoms with van der Waals surface area (Å²) >= 11 is 0. The van der Waals surface area contributed by atoms with E-state index in [4.69, 9.17) is 9.84 Å². The minimum absolute atomic E-state index is 0.428. The van der Waals surface area contributed by atoms with Gasteiger partial charge in [0.25, 0.3) is 0 Å². The first-order valence-electron chi connectivity index (χ1n) is 8.86. The predicted molar refractivity (Wildman–Crippen MR) is 93.7 cm³/mol. The lowest BCUT2D eigenvalue weighted by Crippen LogP contribution is -2.51. The van der Waals surface area contributed by atoms with E-state index in [1.165, 1.54) is 4.90 Å². The van der Waals surface area contributed by atoms with Gasteiger partial charge in [-0.2, -0.15) is 5.26 Å². The summed E-state index contributed by atoms with van der Waals surface area (Å²) in [5.41, 5.74) is 0.585. The first-order chi connectivity index (χ1) is 12.1. The van der Waals surface area contributed by atoms with Crippen molar-refractivity contribution in [3.8, 4) is 11.8 Å². The Morgan fingerprint density at radius 1 is 1.28 bits per heavy atom. The molecule has 1 amide bonds. The smallest absolute Gasteiger partial charge is 0.407 e. The third kappa shape index (κ3) is 3.57. The van der Waals surface area contributed by atoms with Crippen LogP contribution in [-0.4, -0.2) is 60.3 Å². The lowest BCUT2D eigenvalue weighted by atomic mass is 9.73. The fourth-order valence-electron chi connectivity index (χ4n) is 4.08. The number of piperidine rings is 2. The second kappa shape index (κ2) is 7.32. The fraction of sp³-hybridized carbons (Fsp3) is 0.579. The third-order valence-electron chi connectivity index (χ3n) is 5.74. The molecule has 1 N–H and O–H groups in total.